The van der Waals surface area contributed by atoms with Gasteiger partial charge in [-0.2, -0.15) is 0 Å². The van der Waals surface area contributed by atoms with E-state index in [1.807, 2.05) is 67.6 Å². The van der Waals surface area contributed by atoms with Crippen molar-refractivity contribution in [1.29, 1.82) is 0 Å². The smallest absolute Gasteiger partial charge is 0.273 e. The number of rotatable bonds is 4. The predicted molar refractivity (Wildman–Crippen MR) is 139 cm³/mol. The average molecular weight is 518 g/mol. The summed E-state index contributed by atoms with van der Waals surface area (Å²) in [6.07, 6.45) is -1.04. The molecule has 2 aliphatic rings. The van der Waals surface area contributed by atoms with Crippen LogP contribution in [-0.4, -0.2) is 22.5 Å². The van der Waals surface area contributed by atoms with Gasteiger partial charge >= 0.3 is 4.87 Å². The summed E-state index contributed by atoms with van der Waals surface area (Å²) in [5, 5.41) is 1.74. The minimum atomic E-state index is -1.04. The number of fused-ring (bicyclic) bond motifs is 1. The SMILES string of the molecule is Cc1ccccc1N1C(=O)C2ON(c3ccccc3)C(c3sc(=O)n(-c4ccccc4)c3Cl)C2C1=O. The summed E-state index contributed by atoms with van der Waals surface area (Å²) in [4.78, 5) is 48.1. The number of para-hydroxylation sites is 3. The molecule has 3 aromatic carbocycles. The van der Waals surface area contributed by atoms with Crippen molar-refractivity contribution >= 4 is 46.1 Å². The predicted octanol–water partition coefficient (Wildman–Crippen LogP) is 4.91. The zero-order valence-corrected chi connectivity index (χ0v) is 20.6. The molecule has 0 radical (unpaired) electrons. The molecule has 2 aliphatic heterocycles. The van der Waals surface area contributed by atoms with Gasteiger partial charge in [-0.1, -0.05) is 77.5 Å². The lowest BCUT2D eigenvalue weighted by molar-refractivity contribution is -0.126. The number of hydrogen-bond donors (Lipinski definition) is 0. The molecule has 4 aromatic rings. The van der Waals surface area contributed by atoms with Gasteiger partial charge in [-0.15, -0.1) is 0 Å². The van der Waals surface area contributed by atoms with Gasteiger partial charge in [-0.25, -0.2) is 9.96 Å². The number of imide groups is 1. The number of amides is 2. The first kappa shape index (κ1) is 22.7. The third-order valence-electron chi connectivity index (χ3n) is 6.54. The second kappa shape index (κ2) is 8.74. The Balaban J connectivity index is 1.50. The van der Waals surface area contributed by atoms with Gasteiger partial charge in [0, 0.05) is 0 Å². The van der Waals surface area contributed by atoms with Crippen molar-refractivity contribution in [3.05, 3.63) is 110 Å². The monoisotopic (exact) mass is 517 g/mol. The summed E-state index contributed by atoms with van der Waals surface area (Å²) in [5.74, 6) is -1.70. The van der Waals surface area contributed by atoms with E-state index in [4.69, 9.17) is 16.4 Å². The average Bonchev–Trinajstić information content (AvgIpc) is 3.50. The highest BCUT2D eigenvalue weighted by molar-refractivity contribution is 7.10. The van der Waals surface area contributed by atoms with Gasteiger partial charge in [0.1, 0.15) is 17.1 Å². The van der Waals surface area contributed by atoms with Gasteiger partial charge < -0.3 is 0 Å². The summed E-state index contributed by atoms with van der Waals surface area (Å²) in [6.45, 7) is 1.85. The summed E-state index contributed by atoms with van der Waals surface area (Å²) in [6, 6.07) is 24.7. The molecule has 0 saturated carbocycles. The number of nitrogens with zero attached hydrogens (tertiary/aromatic N) is 3. The number of halogens is 1. The highest BCUT2D eigenvalue weighted by Gasteiger charge is 2.61. The number of hydroxylamine groups is 1. The standard InChI is InChI=1S/C27H20ClN3O4S/c1-16-10-8-9-15-19(16)30-25(32)20-21(31(35-22(20)26(30)33)18-13-6-3-7-14-18)23-24(28)29(27(34)36-23)17-11-4-2-5-12-17/h2-15,20-22H,1H3. The molecule has 0 N–H and O–H groups in total. The van der Waals surface area contributed by atoms with E-state index in [1.54, 1.807) is 29.3 Å². The summed E-state index contributed by atoms with van der Waals surface area (Å²) < 4.78 is 1.42. The lowest BCUT2D eigenvalue weighted by atomic mass is 9.95. The van der Waals surface area contributed by atoms with Crippen LogP contribution in [0.15, 0.2) is 89.7 Å². The van der Waals surface area contributed by atoms with Gasteiger partial charge in [0.15, 0.2) is 6.10 Å². The fourth-order valence-corrected chi connectivity index (χ4v) is 6.35. The second-order valence-corrected chi connectivity index (χ2v) is 10.0. The van der Waals surface area contributed by atoms with Crippen molar-refractivity contribution in [2.45, 2.75) is 19.1 Å². The van der Waals surface area contributed by atoms with E-state index >= 15 is 0 Å². The first-order chi connectivity index (χ1) is 17.5. The maximum absolute atomic E-state index is 13.9. The number of carbonyl (C=O) groups excluding carboxylic acids is 2. The zero-order chi connectivity index (χ0) is 25.0. The van der Waals surface area contributed by atoms with Crippen molar-refractivity contribution in [2.24, 2.45) is 5.92 Å². The molecule has 3 atom stereocenters. The maximum atomic E-state index is 13.9. The van der Waals surface area contributed by atoms with Crippen molar-refractivity contribution in [2.75, 3.05) is 9.96 Å². The van der Waals surface area contributed by atoms with Crippen molar-refractivity contribution in [1.82, 2.24) is 4.57 Å². The molecule has 9 heteroatoms. The van der Waals surface area contributed by atoms with Crippen molar-refractivity contribution in [3.63, 3.8) is 0 Å². The molecular formula is C27H20ClN3O4S. The van der Waals surface area contributed by atoms with Crippen LogP contribution in [0.4, 0.5) is 11.4 Å². The molecule has 2 amide bonds. The Hall–Kier alpha value is -3.72. The van der Waals surface area contributed by atoms with E-state index in [0.29, 0.717) is 21.9 Å². The lowest BCUT2D eigenvalue weighted by Crippen LogP contribution is -2.37. The summed E-state index contributed by atoms with van der Waals surface area (Å²) in [5.41, 5.74) is 2.60. The number of benzene rings is 3. The van der Waals surface area contributed by atoms with E-state index in [2.05, 4.69) is 0 Å². The zero-order valence-electron chi connectivity index (χ0n) is 19.1. The van der Waals surface area contributed by atoms with Crippen LogP contribution in [0.2, 0.25) is 5.15 Å². The lowest BCUT2D eigenvalue weighted by Gasteiger charge is -2.28. The largest absolute Gasteiger partial charge is 0.313 e. The summed E-state index contributed by atoms with van der Waals surface area (Å²) in [7, 11) is 0. The fraction of sp³-hybridized carbons (Fsp3) is 0.148. The van der Waals surface area contributed by atoms with Crippen LogP contribution >= 0.6 is 22.9 Å². The van der Waals surface area contributed by atoms with E-state index in [1.165, 1.54) is 9.47 Å². The van der Waals surface area contributed by atoms with Crippen molar-refractivity contribution < 1.29 is 14.4 Å². The Labute approximate surface area is 215 Å². The maximum Gasteiger partial charge on any atom is 0.313 e. The van der Waals surface area contributed by atoms with E-state index < -0.39 is 24.0 Å². The Morgan fingerprint density at radius 3 is 2.08 bits per heavy atom. The number of aromatic nitrogens is 1. The molecule has 1 aromatic heterocycles. The van der Waals surface area contributed by atoms with Gasteiger partial charge in [0.25, 0.3) is 5.91 Å². The van der Waals surface area contributed by atoms with Crippen LogP contribution in [0, 0.1) is 12.8 Å². The van der Waals surface area contributed by atoms with Gasteiger partial charge in [0.2, 0.25) is 5.91 Å². The first-order valence-corrected chi connectivity index (χ1v) is 12.6. The van der Waals surface area contributed by atoms with Crippen LogP contribution in [-0.2, 0) is 14.4 Å². The molecule has 180 valence electrons. The topological polar surface area (TPSA) is 71.8 Å². The van der Waals surface area contributed by atoms with Crippen LogP contribution in [0.3, 0.4) is 0 Å². The van der Waals surface area contributed by atoms with Gasteiger partial charge in [-0.3, -0.25) is 23.8 Å². The normalized spacial score (nSPS) is 21.3. The molecular weight excluding hydrogens is 498 g/mol. The second-order valence-electron chi connectivity index (χ2n) is 8.65. The molecule has 3 heterocycles. The Morgan fingerprint density at radius 1 is 0.806 bits per heavy atom. The molecule has 36 heavy (non-hydrogen) atoms. The minimum absolute atomic E-state index is 0.195. The minimum Gasteiger partial charge on any atom is -0.273 e. The van der Waals surface area contributed by atoms with Crippen LogP contribution in [0.1, 0.15) is 16.5 Å². The Morgan fingerprint density at radius 2 is 1.42 bits per heavy atom. The quantitative estimate of drug-likeness (QED) is 0.360. The Bertz CT molecular complexity index is 1540. The molecule has 0 bridgehead atoms. The van der Waals surface area contributed by atoms with Crippen LogP contribution in [0.25, 0.3) is 5.69 Å². The number of anilines is 2. The number of carbonyl (C=O) groups is 2. The molecule has 0 spiro atoms. The van der Waals surface area contributed by atoms with Gasteiger partial charge in [-0.05, 0) is 42.8 Å². The summed E-state index contributed by atoms with van der Waals surface area (Å²) >= 11 is 7.79. The highest BCUT2D eigenvalue weighted by atomic mass is 35.5. The molecule has 2 saturated heterocycles. The third-order valence-corrected chi connectivity index (χ3v) is 8.04. The molecule has 3 unspecified atom stereocenters. The van der Waals surface area contributed by atoms with E-state index in [9.17, 15) is 14.4 Å². The van der Waals surface area contributed by atoms with E-state index in [0.717, 1.165) is 16.9 Å². The molecule has 0 aliphatic carbocycles. The number of thiazole rings is 1. The Kier molecular flexibility index (Phi) is 5.52. The van der Waals surface area contributed by atoms with Crippen LogP contribution < -0.4 is 14.8 Å². The van der Waals surface area contributed by atoms with E-state index in [-0.39, 0.29) is 15.9 Å². The van der Waals surface area contributed by atoms with Gasteiger partial charge in [0.05, 0.1) is 21.9 Å². The molecule has 2 fully saturated rings. The number of hydrogen-bond acceptors (Lipinski definition) is 6. The fourth-order valence-electron chi connectivity index (χ4n) is 4.88. The van der Waals surface area contributed by atoms with Crippen LogP contribution in [0.5, 0.6) is 0 Å². The molecule has 7 nitrogen and oxygen atoms in total. The third kappa shape index (κ3) is 3.41. The number of aryl methyl sites for hydroxylation is 1. The first-order valence-electron chi connectivity index (χ1n) is 11.4. The molecule has 6 rings (SSSR count). The highest BCUT2D eigenvalue weighted by Crippen LogP contribution is 2.50. The van der Waals surface area contributed by atoms with Crippen molar-refractivity contribution in [3.8, 4) is 5.69 Å².